The van der Waals surface area contributed by atoms with Crippen LogP contribution >= 0.6 is 0 Å². The van der Waals surface area contributed by atoms with E-state index in [1.165, 1.54) is 7.11 Å². The molecule has 0 rings (SSSR count). The van der Waals surface area contributed by atoms with Crippen molar-refractivity contribution in [2.45, 2.75) is 58.8 Å². The Labute approximate surface area is 114 Å². The van der Waals surface area contributed by atoms with E-state index in [1.54, 1.807) is 20.8 Å². The first kappa shape index (κ1) is 17.7. The summed E-state index contributed by atoms with van der Waals surface area (Å²) in [6, 6.07) is -0.890. The maximum absolute atomic E-state index is 11.6. The maximum Gasteiger partial charge on any atom is 0.408 e. The van der Waals surface area contributed by atoms with Crippen LogP contribution in [0.4, 0.5) is 4.79 Å². The summed E-state index contributed by atoms with van der Waals surface area (Å²) >= 11 is 0. The van der Waals surface area contributed by atoms with E-state index in [0.29, 0.717) is 0 Å². The first-order valence-corrected chi connectivity index (χ1v) is 6.16. The van der Waals surface area contributed by atoms with Crippen molar-refractivity contribution in [1.82, 2.24) is 5.32 Å². The van der Waals surface area contributed by atoms with Crippen molar-refractivity contribution in [2.75, 3.05) is 13.7 Å². The van der Waals surface area contributed by atoms with Crippen molar-refractivity contribution in [3.63, 3.8) is 0 Å². The van der Waals surface area contributed by atoms with Crippen LogP contribution < -0.4 is 5.32 Å². The zero-order valence-corrected chi connectivity index (χ0v) is 12.8. The number of carbonyl (C=O) groups is 2. The minimum absolute atomic E-state index is 0.0232. The van der Waals surface area contributed by atoms with Gasteiger partial charge in [0.15, 0.2) is 6.04 Å². The maximum atomic E-state index is 11.6. The van der Waals surface area contributed by atoms with Crippen LogP contribution in [0.3, 0.4) is 0 Å². The molecule has 0 radical (unpaired) electrons. The van der Waals surface area contributed by atoms with Gasteiger partial charge in [-0.05, 0) is 41.5 Å². The summed E-state index contributed by atoms with van der Waals surface area (Å²) in [5, 5.41) is 2.44. The molecule has 0 aliphatic heterocycles. The molecule has 0 fully saturated rings. The molecular formula is C13H25NO5. The Morgan fingerprint density at radius 1 is 1.05 bits per heavy atom. The second-order valence-electron chi connectivity index (χ2n) is 6.15. The number of rotatable bonds is 4. The van der Waals surface area contributed by atoms with Gasteiger partial charge in [0.2, 0.25) is 0 Å². The van der Waals surface area contributed by atoms with Gasteiger partial charge in [0, 0.05) is 0 Å². The van der Waals surface area contributed by atoms with E-state index in [-0.39, 0.29) is 6.61 Å². The second kappa shape index (κ2) is 6.75. The molecule has 1 N–H and O–H groups in total. The van der Waals surface area contributed by atoms with Gasteiger partial charge >= 0.3 is 12.1 Å². The third-order valence-corrected chi connectivity index (χ3v) is 1.86. The average molecular weight is 275 g/mol. The lowest BCUT2D eigenvalue weighted by atomic mass is 10.2. The van der Waals surface area contributed by atoms with Crippen molar-refractivity contribution in [3.05, 3.63) is 0 Å². The first-order chi connectivity index (χ1) is 8.44. The number of alkyl carbamates (subject to hydrolysis) is 1. The summed E-state index contributed by atoms with van der Waals surface area (Å²) in [5.74, 6) is -0.574. The van der Waals surface area contributed by atoms with Crippen LogP contribution in [0.2, 0.25) is 0 Å². The Kier molecular flexibility index (Phi) is 6.29. The lowest BCUT2D eigenvalue weighted by Crippen LogP contribution is -2.47. The number of ether oxygens (including phenoxy) is 3. The molecule has 1 amide bonds. The van der Waals surface area contributed by atoms with E-state index < -0.39 is 29.3 Å². The van der Waals surface area contributed by atoms with Gasteiger partial charge in [0.05, 0.1) is 19.3 Å². The van der Waals surface area contributed by atoms with E-state index in [2.05, 4.69) is 10.1 Å². The summed E-state index contributed by atoms with van der Waals surface area (Å²) in [7, 11) is 1.25. The Hall–Kier alpha value is -1.30. The van der Waals surface area contributed by atoms with Crippen LogP contribution in [0.15, 0.2) is 0 Å². The largest absolute Gasteiger partial charge is 0.467 e. The topological polar surface area (TPSA) is 73.9 Å². The van der Waals surface area contributed by atoms with Gasteiger partial charge in [-0.1, -0.05) is 0 Å². The molecule has 112 valence electrons. The summed E-state index contributed by atoms with van der Waals surface area (Å²) in [5.41, 5.74) is -1.04. The summed E-state index contributed by atoms with van der Waals surface area (Å²) < 4.78 is 15.2. The van der Waals surface area contributed by atoms with Gasteiger partial charge < -0.3 is 19.5 Å². The Morgan fingerprint density at radius 2 is 1.58 bits per heavy atom. The predicted octanol–water partition coefficient (Wildman–Crippen LogP) is 1.87. The molecule has 0 aliphatic carbocycles. The quantitative estimate of drug-likeness (QED) is 0.793. The van der Waals surface area contributed by atoms with E-state index in [4.69, 9.17) is 9.47 Å². The average Bonchev–Trinajstić information content (AvgIpc) is 2.19. The molecule has 0 spiro atoms. The molecule has 0 aliphatic rings. The smallest absolute Gasteiger partial charge is 0.408 e. The zero-order chi connectivity index (χ0) is 15.3. The third kappa shape index (κ3) is 9.30. The van der Waals surface area contributed by atoms with Crippen LogP contribution in [0, 0.1) is 0 Å². The molecule has 1 atom stereocenters. The normalized spacial score (nSPS) is 13.6. The fourth-order valence-electron chi connectivity index (χ4n) is 1.09. The summed E-state index contributed by atoms with van der Waals surface area (Å²) in [6.45, 7) is 10.8. The van der Waals surface area contributed by atoms with Gasteiger partial charge in [-0.15, -0.1) is 0 Å². The SMILES string of the molecule is COC(=O)C(COC(C)(C)C)NC(=O)OC(C)(C)C. The molecule has 0 aromatic heterocycles. The van der Waals surface area contributed by atoms with Crippen LogP contribution in [-0.4, -0.2) is 43.0 Å². The third-order valence-electron chi connectivity index (χ3n) is 1.86. The molecule has 6 heteroatoms. The van der Waals surface area contributed by atoms with Crippen molar-refractivity contribution in [1.29, 1.82) is 0 Å². The van der Waals surface area contributed by atoms with Gasteiger partial charge in [0.25, 0.3) is 0 Å². The molecule has 0 aromatic rings. The molecule has 19 heavy (non-hydrogen) atoms. The van der Waals surface area contributed by atoms with Crippen LogP contribution in [0.1, 0.15) is 41.5 Å². The molecule has 6 nitrogen and oxygen atoms in total. The molecule has 0 heterocycles. The lowest BCUT2D eigenvalue weighted by molar-refractivity contribution is -0.146. The molecular weight excluding hydrogens is 250 g/mol. The predicted molar refractivity (Wildman–Crippen MR) is 70.9 cm³/mol. The molecule has 0 bridgehead atoms. The Balaban J connectivity index is 4.52. The van der Waals surface area contributed by atoms with Crippen molar-refractivity contribution in [2.24, 2.45) is 0 Å². The minimum Gasteiger partial charge on any atom is -0.467 e. The molecule has 0 aromatic carbocycles. The fraction of sp³-hybridized carbons (Fsp3) is 0.846. The number of esters is 1. The fourth-order valence-corrected chi connectivity index (χ4v) is 1.09. The van der Waals surface area contributed by atoms with Crippen molar-refractivity contribution >= 4 is 12.1 Å². The van der Waals surface area contributed by atoms with Crippen molar-refractivity contribution in [3.8, 4) is 0 Å². The zero-order valence-electron chi connectivity index (χ0n) is 12.8. The van der Waals surface area contributed by atoms with E-state index >= 15 is 0 Å². The summed E-state index contributed by atoms with van der Waals surface area (Å²) in [6.07, 6.45) is -0.680. The van der Waals surface area contributed by atoms with Crippen LogP contribution in [0.5, 0.6) is 0 Å². The Bertz CT molecular complexity index is 314. The highest BCUT2D eigenvalue weighted by Crippen LogP contribution is 2.09. The Morgan fingerprint density at radius 3 is 1.95 bits per heavy atom. The highest BCUT2D eigenvalue weighted by molar-refractivity contribution is 5.81. The van der Waals surface area contributed by atoms with E-state index in [1.807, 2.05) is 20.8 Å². The van der Waals surface area contributed by atoms with E-state index in [9.17, 15) is 9.59 Å². The molecule has 0 saturated heterocycles. The number of nitrogens with one attached hydrogen (secondary N) is 1. The lowest BCUT2D eigenvalue weighted by Gasteiger charge is -2.25. The number of carbonyl (C=O) groups excluding carboxylic acids is 2. The summed E-state index contributed by atoms with van der Waals surface area (Å²) in [4.78, 5) is 23.2. The van der Waals surface area contributed by atoms with Crippen molar-refractivity contribution < 1.29 is 23.8 Å². The van der Waals surface area contributed by atoms with Gasteiger partial charge in [-0.2, -0.15) is 0 Å². The minimum atomic E-state index is -0.890. The van der Waals surface area contributed by atoms with E-state index in [0.717, 1.165) is 0 Å². The number of hydrogen-bond donors (Lipinski definition) is 1. The molecule has 0 saturated carbocycles. The number of methoxy groups -OCH3 is 1. The van der Waals surface area contributed by atoms with Crippen LogP contribution in [-0.2, 0) is 19.0 Å². The highest BCUT2D eigenvalue weighted by atomic mass is 16.6. The number of hydrogen-bond acceptors (Lipinski definition) is 5. The van der Waals surface area contributed by atoms with Crippen LogP contribution in [0.25, 0.3) is 0 Å². The highest BCUT2D eigenvalue weighted by Gasteiger charge is 2.26. The first-order valence-electron chi connectivity index (χ1n) is 6.16. The molecule has 1 unspecified atom stereocenters. The monoisotopic (exact) mass is 275 g/mol. The number of amides is 1. The van der Waals surface area contributed by atoms with Gasteiger partial charge in [-0.25, -0.2) is 9.59 Å². The second-order valence-corrected chi connectivity index (χ2v) is 6.15. The van der Waals surface area contributed by atoms with Gasteiger partial charge in [-0.3, -0.25) is 0 Å². The standard InChI is InChI=1S/C13H25NO5/c1-12(2,3)18-8-9(10(15)17-7)14-11(16)19-13(4,5)6/h9H,8H2,1-7H3,(H,14,16). The van der Waals surface area contributed by atoms with Gasteiger partial charge in [0.1, 0.15) is 5.60 Å².